The number of nitrogens with two attached hydrogens (primary N) is 1. The third-order valence-corrected chi connectivity index (χ3v) is 3.28. The van der Waals surface area contributed by atoms with Gasteiger partial charge in [-0.2, -0.15) is 0 Å². The number of carbonyl (C=O) groups is 2. The van der Waals surface area contributed by atoms with Crippen LogP contribution in [-0.2, 0) is 20.9 Å². The average molecular weight is 264 g/mol. The van der Waals surface area contributed by atoms with Gasteiger partial charge in [-0.05, 0) is 6.07 Å². The molecule has 1 aliphatic rings. The molecule has 1 saturated heterocycles. The van der Waals surface area contributed by atoms with Crippen molar-refractivity contribution in [3.05, 3.63) is 21.9 Å². The second kappa shape index (κ2) is 5.78. The summed E-state index contributed by atoms with van der Waals surface area (Å²) in [6.07, 6.45) is 0. The van der Waals surface area contributed by atoms with Crippen molar-refractivity contribution < 1.29 is 14.3 Å². The van der Waals surface area contributed by atoms with Crippen molar-refractivity contribution in [2.75, 3.05) is 19.8 Å². The SMILES string of the molecule is NCC#Cc1csc(CN2C(=O)COCC2=O)c1. The van der Waals surface area contributed by atoms with E-state index in [1.54, 1.807) is 0 Å². The minimum atomic E-state index is -0.297. The first-order valence-electron chi connectivity index (χ1n) is 5.38. The van der Waals surface area contributed by atoms with Crippen molar-refractivity contribution >= 4 is 23.2 Å². The van der Waals surface area contributed by atoms with Gasteiger partial charge in [0.25, 0.3) is 11.8 Å². The minimum Gasteiger partial charge on any atom is -0.362 e. The third kappa shape index (κ3) is 2.96. The lowest BCUT2D eigenvalue weighted by molar-refractivity contribution is -0.159. The van der Waals surface area contributed by atoms with E-state index in [1.165, 1.54) is 16.2 Å². The summed E-state index contributed by atoms with van der Waals surface area (Å²) in [5, 5.41) is 1.88. The Morgan fingerprint density at radius 3 is 2.78 bits per heavy atom. The molecule has 1 aromatic heterocycles. The van der Waals surface area contributed by atoms with Crippen molar-refractivity contribution in [2.24, 2.45) is 5.73 Å². The molecular formula is C12H12N2O3S. The predicted octanol–water partition coefficient (Wildman–Crippen LogP) is -0.0563. The summed E-state index contributed by atoms with van der Waals surface area (Å²) < 4.78 is 4.85. The maximum Gasteiger partial charge on any atom is 0.255 e. The van der Waals surface area contributed by atoms with Gasteiger partial charge in [-0.3, -0.25) is 14.5 Å². The zero-order valence-corrected chi connectivity index (χ0v) is 10.5. The molecule has 1 aromatic rings. The summed E-state index contributed by atoms with van der Waals surface area (Å²) in [4.78, 5) is 25.2. The van der Waals surface area contributed by atoms with Crippen molar-refractivity contribution in [3.63, 3.8) is 0 Å². The number of carbonyl (C=O) groups excluding carboxylic acids is 2. The van der Waals surface area contributed by atoms with Crippen LogP contribution in [0.2, 0.25) is 0 Å². The van der Waals surface area contributed by atoms with E-state index in [4.69, 9.17) is 10.5 Å². The number of amides is 2. The lowest BCUT2D eigenvalue weighted by Gasteiger charge is -2.24. The topological polar surface area (TPSA) is 72.6 Å². The molecule has 1 fully saturated rings. The van der Waals surface area contributed by atoms with Gasteiger partial charge in [0.2, 0.25) is 0 Å². The Kier molecular flexibility index (Phi) is 4.10. The van der Waals surface area contributed by atoms with Crippen LogP contribution in [0.25, 0.3) is 0 Å². The summed E-state index contributed by atoms with van der Waals surface area (Å²) in [7, 11) is 0. The first kappa shape index (κ1) is 12.8. The number of nitrogens with zero attached hydrogens (tertiary/aromatic N) is 1. The highest BCUT2D eigenvalue weighted by atomic mass is 32.1. The van der Waals surface area contributed by atoms with Gasteiger partial charge in [0.1, 0.15) is 13.2 Å². The van der Waals surface area contributed by atoms with Crippen molar-refractivity contribution in [1.29, 1.82) is 0 Å². The van der Waals surface area contributed by atoms with Gasteiger partial charge in [0.05, 0.1) is 13.1 Å². The zero-order chi connectivity index (χ0) is 13.0. The standard InChI is InChI=1S/C12H12N2O3S/c13-3-1-2-9-4-10(18-8-9)5-14-11(15)6-17-7-12(14)16/h4,8H,3,5-7,13H2. The molecule has 1 aliphatic heterocycles. The molecule has 0 unspecified atom stereocenters. The minimum absolute atomic E-state index is 0.0308. The number of ether oxygens (including phenoxy) is 1. The van der Waals surface area contributed by atoms with E-state index in [1.807, 2.05) is 11.4 Å². The fourth-order valence-corrected chi connectivity index (χ4v) is 2.34. The number of morpholine rings is 1. The Morgan fingerprint density at radius 1 is 1.39 bits per heavy atom. The molecule has 0 radical (unpaired) electrons. The summed E-state index contributed by atoms with van der Waals surface area (Å²) in [6.45, 7) is 0.537. The van der Waals surface area contributed by atoms with Crippen LogP contribution in [-0.4, -0.2) is 36.5 Å². The monoisotopic (exact) mass is 264 g/mol. The molecular weight excluding hydrogens is 252 g/mol. The van der Waals surface area contributed by atoms with Gasteiger partial charge in [-0.25, -0.2) is 0 Å². The smallest absolute Gasteiger partial charge is 0.255 e. The van der Waals surface area contributed by atoms with E-state index < -0.39 is 0 Å². The van der Waals surface area contributed by atoms with Gasteiger partial charge in [-0.15, -0.1) is 11.3 Å². The van der Waals surface area contributed by atoms with Crippen molar-refractivity contribution in [1.82, 2.24) is 4.90 Å². The molecule has 0 aromatic carbocycles. The van der Waals surface area contributed by atoms with Crippen LogP contribution in [0.5, 0.6) is 0 Å². The Labute approximate surface area is 109 Å². The molecule has 6 heteroatoms. The molecule has 18 heavy (non-hydrogen) atoms. The molecule has 0 bridgehead atoms. The summed E-state index contributed by atoms with van der Waals surface area (Å²) in [6, 6.07) is 1.86. The lowest BCUT2D eigenvalue weighted by Crippen LogP contribution is -2.45. The van der Waals surface area contributed by atoms with Crippen LogP contribution in [0.3, 0.4) is 0 Å². The molecule has 0 aliphatic carbocycles. The third-order valence-electron chi connectivity index (χ3n) is 2.36. The predicted molar refractivity (Wildman–Crippen MR) is 66.6 cm³/mol. The number of thiophene rings is 1. The van der Waals surface area contributed by atoms with Crippen molar-refractivity contribution in [3.8, 4) is 11.8 Å². The molecule has 2 N–H and O–H groups in total. The van der Waals surface area contributed by atoms with E-state index in [9.17, 15) is 9.59 Å². The van der Waals surface area contributed by atoms with Gasteiger partial charge in [-0.1, -0.05) is 11.8 Å². The second-order valence-electron chi connectivity index (χ2n) is 3.67. The number of imide groups is 1. The number of hydrogen-bond donors (Lipinski definition) is 1. The first-order chi connectivity index (χ1) is 8.70. The Balaban J connectivity index is 2.06. The normalized spacial score (nSPS) is 15.5. The highest BCUT2D eigenvalue weighted by Gasteiger charge is 2.26. The van der Waals surface area contributed by atoms with Crippen LogP contribution < -0.4 is 5.73 Å². The van der Waals surface area contributed by atoms with Crippen LogP contribution in [0, 0.1) is 11.8 Å². The quantitative estimate of drug-likeness (QED) is 0.600. The molecule has 2 rings (SSSR count). The molecule has 0 saturated carbocycles. The fraction of sp³-hybridized carbons (Fsp3) is 0.333. The van der Waals surface area contributed by atoms with E-state index in [-0.39, 0.29) is 31.6 Å². The van der Waals surface area contributed by atoms with Crippen LogP contribution in [0.15, 0.2) is 11.4 Å². The second-order valence-corrected chi connectivity index (χ2v) is 4.67. The first-order valence-corrected chi connectivity index (χ1v) is 6.26. The van der Waals surface area contributed by atoms with Crippen LogP contribution in [0.4, 0.5) is 0 Å². The van der Waals surface area contributed by atoms with E-state index in [0.717, 1.165) is 10.4 Å². The van der Waals surface area contributed by atoms with E-state index in [0.29, 0.717) is 6.54 Å². The maximum atomic E-state index is 11.5. The molecule has 2 amide bonds. The summed E-state index contributed by atoms with van der Waals surface area (Å²) >= 11 is 1.47. The highest BCUT2D eigenvalue weighted by molar-refractivity contribution is 7.10. The summed E-state index contributed by atoms with van der Waals surface area (Å²) in [5.41, 5.74) is 6.14. The average Bonchev–Trinajstić information content (AvgIpc) is 2.79. The number of hydrogen-bond acceptors (Lipinski definition) is 5. The highest BCUT2D eigenvalue weighted by Crippen LogP contribution is 2.17. The number of rotatable bonds is 2. The fourth-order valence-electron chi connectivity index (χ4n) is 1.53. The molecule has 0 spiro atoms. The molecule has 5 nitrogen and oxygen atoms in total. The molecule has 2 heterocycles. The Hall–Kier alpha value is -1.68. The van der Waals surface area contributed by atoms with Gasteiger partial charge < -0.3 is 10.5 Å². The Morgan fingerprint density at radius 2 is 2.11 bits per heavy atom. The van der Waals surface area contributed by atoms with E-state index in [2.05, 4.69) is 11.8 Å². The van der Waals surface area contributed by atoms with Crippen molar-refractivity contribution in [2.45, 2.75) is 6.54 Å². The van der Waals surface area contributed by atoms with Gasteiger partial charge in [0, 0.05) is 15.8 Å². The lowest BCUT2D eigenvalue weighted by atomic mass is 10.3. The molecule has 94 valence electrons. The van der Waals surface area contributed by atoms with E-state index >= 15 is 0 Å². The van der Waals surface area contributed by atoms with Crippen LogP contribution >= 0.6 is 11.3 Å². The van der Waals surface area contributed by atoms with Gasteiger partial charge in [0.15, 0.2) is 0 Å². The van der Waals surface area contributed by atoms with Crippen LogP contribution in [0.1, 0.15) is 10.4 Å². The Bertz CT molecular complexity index is 511. The summed E-state index contributed by atoms with van der Waals surface area (Å²) in [5.74, 6) is 5.07. The molecule has 0 atom stereocenters. The van der Waals surface area contributed by atoms with Gasteiger partial charge >= 0.3 is 0 Å². The zero-order valence-electron chi connectivity index (χ0n) is 9.64. The largest absolute Gasteiger partial charge is 0.362 e. The maximum absolute atomic E-state index is 11.5.